The lowest BCUT2D eigenvalue weighted by molar-refractivity contribution is -0.895. The van der Waals surface area contributed by atoms with Gasteiger partial charge in [-0.05, 0) is 30.7 Å². The lowest BCUT2D eigenvalue weighted by Gasteiger charge is -2.09. The van der Waals surface area contributed by atoms with Crippen LogP contribution in [0.1, 0.15) is 21.5 Å². The first-order valence-electron chi connectivity index (χ1n) is 7.49. The molecular weight excluding hydrogens is 326 g/mol. The Morgan fingerprint density at radius 3 is 2.48 bits per heavy atom. The summed E-state index contributed by atoms with van der Waals surface area (Å²) in [4.78, 5) is 12.6. The van der Waals surface area contributed by atoms with Crippen LogP contribution < -0.4 is 10.5 Å². The van der Waals surface area contributed by atoms with E-state index in [1.54, 1.807) is 12.1 Å². The Hall–Kier alpha value is -3.28. The van der Waals surface area contributed by atoms with E-state index in [0.29, 0.717) is 11.6 Å². The summed E-state index contributed by atoms with van der Waals surface area (Å²) in [5, 5.41) is 10.1. The predicted molar refractivity (Wildman–Crippen MR) is 88.2 cm³/mol. The van der Waals surface area contributed by atoms with Gasteiger partial charge in [0.15, 0.2) is 5.78 Å². The number of aryl methyl sites for hydroxylation is 1. The zero-order chi connectivity index (χ0) is 18.1. The topological polar surface area (TPSA) is 67.2 Å². The van der Waals surface area contributed by atoms with Crippen molar-refractivity contribution in [3.05, 3.63) is 83.1 Å². The molecule has 25 heavy (non-hydrogen) atoms. The van der Waals surface area contributed by atoms with Gasteiger partial charge in [0.2, 0.25) is 6.20 Å². The number of hydrogen-bond acceptors (Lipinski definition) is 3. The minimum absolute atomic E-state index is 0.00743. The summed E-state index contributed by atoms with van der Waals surface area (Å²) in [6.07, 6.45) is 1.26. The number of rotatable bonds is 3. The SMILES string of the molecule is Cc1ccccc1-c1c(N)c(C(=O)c2ccc(F)cc2F)cc[n+]1O. The summed E-state index contributed by atoms with van der Waals surface area (Å²) in [6.45, 7) is 1.84. The van der Waals surface area contributed by atoms with E-state index in [1.807, 2.05) is 19.1 Å². The number of nitrogen functional groups attached to an aromatic ring is 1. The molecule has 0 spiro atoms. The number of ketones is 1. The van der Waals surface area contributed by atoms with Gasteiger partial charge < -0.3 is 5.73 Å². The summed E-state index contributed by atoms with van der Waals surface area (Å²) in [7, 11) is 0. The van der Waals surface area contributed by atoms with Crippen molar-refractivity contribution in [3.8, 4) is 11.3 Å². The summed E-state index contributed by atoms with van der Waals surface area (Å²) >= 11 is 0. The van der Waals surface area contributed by atoms with Gasteiger partial charge in [0.1, 0.15) is 17.3 Å². The zero-order valence-electron chi connectivity index (χ0n) is 13.3. The fraction of sp³-hybridized carbons (Fsp3) is 0.0526. The number of carbonyl (C=O) groups is 1. The van der Waals surface area contributed by atoms with E-state index in [0.717, 1.165) is 22.4 Å². The van der Waals surface area contributed by atoms with E-state index in [-0.39, 0.29) is 22.5 Å². The van der Waals surface area contributed by atoms with E-state index in [9.17, 15) is 18.8 Å². The molecule has 4 nitrogen and oxygen atoms in total. The van der Waals surface area contributed by atoms with Crippen LogP contribution in [0.2, 0.25) is 0 Å². The Balaban J connectivity index is 2.17. The van der Waals surface area contributed by atoms with Gasteiger partial charge in [-0.1, -0.05) is 18.2 Å². The second-order valence-corrected chi connectivity index (χ2v) is 5.60. The lowest BCUT2D eigenvalue weighted by Crippen LogP contribution is -2.34. The molecule has 3 rings (SSSR count). The number of halogens is 2. The van der Waals surface area contributed by atoms with E-state index in [2.05, 4.69) is 0 Å². The smallest absolute Gasteiger partial charge is 0.288 e. The van der Waals surface area contributed by atoms with Crippen LogP contribution in [0.3, 0.4) is 0 Å². The van der Waals surface area contributed by atoms with Crippen LogP contribution >= 0.6 is 0 Å². The van der Waals surface area contributed by atoms with Gasteiger partial charge in [-0.2, -0.15) is 0 Å². The summed E-state index contributed by atoms with van der Waals surface area (Å²) in [5.41, 5.74) is 7.55. The molecule has 6 heteroatoms. The number of aromatic nitrogens is 1. The predicted octanol–water partition coefficient (Wildman–Crippen LogP) is 3.28. The standard InChI is InChI=1S/C19H14F2N2O2/c1-11-4-2-3-5-13(11)18-17(22)15(8-9-23(18)25)19(24)14-7-6-12(20)10-16(14)21/h2-10H,1H3,(H2-,22,24,25)/p+1. The molecule has 0 aliphatic carbocycles. The van der Waals surface area contributed by atoms with Crippen molar-refractivity contribution in [2.75, 3.05) is 5.73 Å². The summed E-state index contributed by atoms with van der Waals surface area (Å²) < 4.78 is 27.8. The third-order valence-corrected chi connectivity index (χ3v) is 3.98. The van der Waals surface area contributed by atoms with Crippen LogP contribution in [0, 0.1) is 18.6 Å². The summed E-state index contributed by atoms with van der Waals surface area (Å²) in [6, 6.07) is 11.2. The van der Waals surface area contributed by atoms with Crippen LogP contribution in [-0.2, 0) is 0 Å². The molecule has 1 aromatic heterocycles. The van der Waals surface area contributed by atoms with Crippen molar-refractivity contribution in [3.63, 3.8) is 0 Å². The molecule has 0 bridgehead atoms. The third kappa shape index (κ3) is 2.94. The number of pyridine rings is 1. The van der Waals surface area contributed by atoms with E-state index in [4.69, 9.17) is 5.73 Å². The van der Waals surface area contributed by atoms with Gasteiger partial charge in [-0.25, -0.2) is 8.78 Å². The first-order chi connectivity index (χ1) is 11.9. The molecule has 3 N–H and O–H groups in total. The maximum atomic E-state index is 13.9. The maximum Gasteiger partial charge on any atom is 0.288 e. The average Bonchev–Trinajstić information content (AvgIpc) is 2.56. The molecule has 2 aromatic carbocycles. The number of nitrogens with two attached hydrogens (primary N) is 1. The highest BCUT2D eigenvalue weighted by Gasteiger charge is 2.26. The van der Waals surface area contributed by atoms with Gasteiger partial charge in [0.25, 0.3) is 5.69 Å². The minimum Gasteiger partial charge on any atom is -0.393 e. The number of carbonyl (C=O) groups excluding carboxylic acids is 1. The van der Waals surface area contributed by atoms with Crippen LogP contribution in [0.15, 0.2) is 54.7 Å². The first kappa shape index (κ1) is 16.6. The molecule has 126 valence electrons. The monoisotopic (exact) mass is 341 g/mol. The Morgan fingerprint density at radius 1 is 1.08 bits per heavy atom. The van der Waals surface area contributed by atoms with E-state index >= 15 is 0 Å². The van der Waals surface area contributed by atoms with Gasteiger partial charge in [-0.15, -0.1) is 0 Å². The zero-order valence-corrected chi connectivity index (χ0v) is 13.3. The number of anilines is 1. The quantitative estimate of drug-likeness (QED) is 0.436. The Morgan fingerprint density at radius 2 is 1.80 bits per heavy atom. The number of nitrogens with zero attached hydrogens (tertiary/aromatic N) is 1. The van der Waals surface area contributed by atoms with Crippen LogP contribution in [0.25, 0.3) is 11.3 Å². The molecule has 0 saturated carbocycles. The van der Waals surface area contributed by atoms with Crippen molar-refractivity contribution in [1.82, 2.24) is 0 Å². The molecule has 0 unspecified atom stereocenters. The number of hydrogen-bond donors (Lipinski definition) is 2. The molecule has 0 aliphatic rings. The maximum absolute atomic E-state index is 13.9. The number of benzene rings is 2. The van der Waals surface area contributed by atoms with Crippen LogP contribution in [0.4, 0.5) is 14.5 Å². The second kappa shape index (κ2) is 6.32. The van der Waals surface area contributed by atoms with Gasteiger partial charge in [0, 0.05) is 16.9 Å². The molecule has 0 amide bonds. The highest BCUT2D eigenvalue weighted by Crippen LogP contribution is 2.29. The van der Waals surface area contributed by atoms with Crippen molar-refractivity contribution >= 4 is 11.5 Å². The van der Waals surface area contributed by atoms with Crippen LogP contribution in [0.5, 0.6) is 0 Å². The Bertz CT molecular complexity index is 987. The fourth-order valence-corrected chi connectivity index (χ4v) is 2.68. The Kier molecular flexibility index (Phi) is 4.19. The van der Waals surface area contributed by atoms with Crippen molar-refractivity contribution in [1.29, 1.82) is 0 Å². The van der Waals surface area contributed by atoms with Crippen molar-refractivity contribution in [2.45, 2.75) is 6.92 Å². The molecule has 0 atom stereocenters. The van der Waals surface area contributed by atoms with Gasteiger partial charge in [-0.3, -0.25) is 10.0 Å². The first-order valence-corrected chi connectivity index (χ1v) is 7.49. The average molecular weight is 341 g/mol. The molecule has 3 aromatic rings. The molecular formula is C19H15F2N2O2+. The van der Waals surface area contributed by atoms with Crippen molar-refractivity contribution < 1.29 is 23.5 Å². The molecule has 0 fully saturated rings. The van der Waals surface area contributed by atoms with E-state index in [1.165, 1.54) is 12.3 Å². The van der Waals surface area contributed by atoms with Crippen LogP contribution in [-0.4, -0.2) is 11.0 Å². The summed E-state index contributed by atoms with van der Waals surface area (Å²) in [5.74, 6) is -2.43. The highest BCUT2D eigenvalue weighted by molar-refractivity contribution is 6.13. The lowest BCUT2D eigenvalue weighted by atomic mass is 9.97. The second-order valence-electron chi connectivity index (χ2n) is 5.60. The highest BCUT2D eigenvalue weighted by atomic mass is 19.1. The fourth-order valence-electron chi connectivity index (χ4n) is 2.68. The molecule has 0 radical (unpaired) electrons. The third-order valence-electron chi connectivity index (χ3n) is 3.98. The van der Waals surface area contributed by atoms with Gasteiger partial charge in [0.05, 0.1) is 16.7 Å². The van der Waals surface area contributed by atoms with E-state index < -0.39 is 17.4 Å². The molecule has 0 saturated heterocycles. The van der Waals surface area contributed by atoms with Crippen molar-refractivity contribution in [2.24, 2.45) is 0 Å². The largest absolute Gasteiger partial charge is 0.393 e. The molecule has 1 heterocycles. The molecule has 0 aliphatic heterocycles. The van der Waals surface area contributed by atoms with Gasteiger partial charge >= 0.3 is 0 Å². The normalized spacial score (nSPS) is 10.7. The minimum atomic E-state index is -0.970. The Labute approximate surface area is 142 Å².